The van der Waals surface area contributed by atoms with E-state index in [-0.39, 0.29) is 12.2 Å². The molecular weight excluding hydrogens is 1070 g/mol. The quantitative estimate of drug-likeness (QED) is 0.0426. The molecule has 2 amide bonds. The van der Waals surface area contributed by atoms with Crippen LogP contribution in [0.3, 0.4) is 0 Å². The first-order chi connectivity index (χ1) is 40.4. The molecule has 0 fully saturated rings. The number of nitrogens with one attached hydrogen (secondary N) is 2. The number of nitrogens with two attached hydrogens (primary N) is 1. The molecule has 17 heteroatoms. The Balaban J connectivity index is 0.000000248. The van der Waals surface area contributed by atoms with Gasteiger partial charge in [0.05, 0.1) is 40.2 Å². The van der Waals surface area contributed by atoms with Crippen molar-refractivity contribution >= 4 is 29.5 Å². The van der Waals surface area contributed by atoms with E-state index in [0.29, 0.717) is 19.0 Å². The first-order valence-corrected chi connectivity index (χ1v) is 28.6. The number of hydrogen-bond donors (Lipinski definition) is 3. The molecule has 0 aliphatic rings. The molecular formula is C67H81ClN12O4. The molecule has 4 N–H and O–H groups in total. The lowest BCUT2D eigenvalue weighted by molar-refractivity contribution is 0.0517. The number of benzene rings is 2. The normalized spacial score (nSPS) is 10.9. The minimum atomic E-state index is -0.484. The summed E-state index contributed by atoms with van der Waals surface area (Å²) in [5.74, 6) is 0.485. The number of nitriles is 1. The number of aryl methyl sites for hydroxylation is 2. The maximum absolute atomic E-state index is 11.8. The number of pyridine rings is 6. The number of alkyl carbamates (subject to hydrolysis) is 2. The van der Waals surface area contributed by atoms with E-state index < -0.39 is 11.2 Å². The molecule has 84 heavy (non-hydrogen) atoms. The third kappa shape index (κ3) is 28.4. The maximum atomic E-state index is 11.8. The van der Waals surface area contributed by atoms with Gasteiger partial charge in [0.25, 0.3) is 0 Å². The van der Waals surface area contributed by atoms with E-state index in [2.05, 4.69) is 93.9 Å². The van der Waals surface area contributed by atoms with Gasteiger partial charge in [0.1, 0.15) is 11.2 Å². The van der Waals surface area contributed by atoms with Crippen LogP contribution in [-0.4, -0.2) is 76.2 Å². The fourth-order valence-electron chi connectivity index (χ4n) is 8.09. The number of anilines is 1. The number of carbonyl (C=O) groups excluding carboxylic acids is 2. The summed E-state index contributed by atoms with van der Waals surface area (Å²) in [7, 11) is 0. The highest BCUT2D eigenvalue weighted by Crippen LogP contribution is 2.16. The number of amides is 2. The van der Waals surface area contributed by atoms with Gasteiger partial charge in [-0.3, -0.25) is 39.7 Å². The number of ether oxygens (including phenoxy) is 2. The van der Waals surface area contributed by atoms with Crippen LogP contribution in [0.1, 0.15) is 110 Å². The largest absolute Gasteiger partial charge is 0.444 e. The first-order valence-electron chi connectivity index (χ1n) is 28.1. The van der Waals surface area contributed by atoms with E-state index in [1.807, 2.05) is 176 Å². The SMILES string of the molecule is CC#N.CC(C)(C)OC(=O)NCCc1ccc(CCc2ccc(CN(Cc3ccccn3)Cc3ccccn3)nc2)cc1.CC(C)(C)OC(=O)NCCc1ccc(N)cc1.ClCc1ccc(CN(Cc2ccccn2)Cc2ccccn2)nc1. The van der Waals surface area contributed by atoms with E-state index in [9.17, 15) is 9.59 Å². The fourth-order valence-corrected chi connectivity index (χ4v) is 8.25. The van der Waals surface area contributed by atoms with Crippen LogP contribution in [-0.2, 0) is 80.3 Å². The molecule has 8 aromatic rings. The Bertz CT molecular complexity index is 3040. The van der Waals surface area contributed by atoms with E-state index in [1.165, 1.54) is 23.6 Å². The lowest BCUT2D eigenvalue weighted by Gasteiger charge is -2.21. The summed E-state index contributed by atoms with van der Waals surface area (Å²) >= 11 is 5.83. The standard InChI is InChI=1S/C33H39N5O2.C19H19ClN4.C13H20N2O2.C2H3N/c1-33(2,3)40-32(39)36-21-18-27-12-10-26(11-13-27)14-15-28-16-17-31(37-22-28)25-38(23-29-8-4-6-19-34-29)24-30-9-5-7-20-35-30;20-11-16-7-8-19(23-12-16)15-24(13-17-5-1-3-9-21-17)14-18-6-2-4-10-22-18;1-13(2,3)17-12(16)15-9-8-10-4-6-11(14)7-5-10;1-2-3/h4-13,16-17,19-20,22H,14-15,18,21,23-25H2,1-3H3,(H,36,39);1-10,12H,11,13-15H2;4-7H,8-9,14H2,1-3H3,(H,15,16);1H3. The van der Waals surface area contributed by atoms with Crippen molar-refractivity contribution in [2.24, 2.45) is 0 Å². The first kappa shape index (κ1) is 66.2. The van der Waals surface area contributed by atoms with Crippen molar-refractivity contribution in [3.63, 3.8) is 0 Å². The van der Waals surface area contributed by atoms with Gasteiger partial charge in [0.2, 0.25) is 0 Å². The van der Waals surface area contributed by atoms with Crippen LogP contribution in [0.4, 0.5) is 15.3 Å². The zero-order valence-corrected chi connectivity index (χ0v) is 50.4. The van der Waals surface area contributed by atoms with Crippen LogP contribution >= 0.6 is 11.6 Å². The van der Waals surface area contributed by atoms with Crippen molar-refractivity contribution in [2.45, 2.75) is 131 Å². The highest BCUT2D eigenvalue weighted by Gasteiger charge is 2.17. The maximum Gasteiger partial charge on any atom is 0.407 e. The Kier molecular flexibility index (Phi) is 28.4. The van der Waals surface area contributed by atoms with Gasteiger partial charge in [-0.2, -0.15) is 5.26 Å². The Morgan fingerprint density at radius 1 is 0.464 bits per heavy atom. The summed E-state index contributed by atoms with van der Waals surface area (Å²) in [6, 6.07) is 50.3. The van der Waals surface area contributed by atoms with Gasteiger partial charge in [0, 0.05) is 108 Å². The van der Waals surface area contributed by atoms with E-state index in [0.717, 1.165) is 116 Å². The third-order valence-electron chi connectivity index (χ3n) is 12.0. The van der Waals surface area contributed by atoms with Crippen LogP contribution in [0.2, 0.25) is 0 Å². The summed E-state index contributed by atoms with van der Waals surface area (Å²) in [6.07, 6.45) is 13.8. The van der Waals surface area contributed by atoms with Gasteiger partial charge in [-0.1, -0.05) is 72.8 Å². The van der Waals surface area contributed by atoms with E-state index in [1.54, 1.807) is 6.07 Å². The smallest absolute Gasteiger partial charge is 0.407 e. The highest BCUT2D eigenvalue weighted by molar-refractivity contribution is 6.17. The van der Waals surface area contributed by atoms with Crippen LogP contribution < -0.4 is 16.4 Å². The Hall–Kier alpha value is -8.62. The number of carbonyl (C=O) groups is 2. The minimum absolute atomic E-state index is 0.377. The number of rotatable bonds is 22. The second-order valence-electron chi connectivity index (χ2n) is 21.7. The highest BCUT2D eigenvalue weighted by atomic mass is 35.5. The zero-order chi connectivity index (χ0) is 60.4. The second kappa shape index (κ2) is 36.1. The summed E-state index contributed by atoms with van der Waals surface area (Å²) < 4.78 is 10.4. The Morgan fingerprint density at radius 2 is 0.762 bits per heavy atom. The number of nitrogen functional groups attached to an aromatic ring is 1. The molecule has 16 nitrogen and oxygen atoms in total. The number of halogens is 1. The number of aromatic nitrogens is 6. The van der Waals surface area contributed by atoms with Crippen LogP contribution in [0.5, 0.6) is 0 Å². The summed E-state index contributed by atoms with van der Waals surface area (Å²) in [4.78, 5) is 54.9. The summed E-state index contributed by atoms with van der Waals surface area (Å²) in [6.45, 7) is 18.0. The molecule has 0 saturated heterocycles. The fraction of sp³-hybridized carbons (Fsp3) is 0.328. The average Bonchev–Trinajstić information content (AvgIpc) is 3.65. The molecule has 0 aliphatic carbocycles. The van der Waals surface area contributed by atoms with Crippen molar-refractivity contribution in [1.82, 2.24) is 50.3 Å². The van der Waals surface area contributed by atoms with Gasteiger partial charge in [-0.25, -0.2) is 9.59 Å². The molecule has 0 saturated carbocycles. The van der Waals surface area contributed by atoms with Crippen molar-refractivity contribution in [3.8, 4) is 6.07 Å². The molecule has 8 rings (SSSR count). The second-order valence-corrected chi connectivity index (χ2v) is 21.9. The van der Waals surface area contributed by atoms with Gasteiger partial charge >= 0.3 is 12.2 Å². The van der Waals surface area contributed by atoms with Crippen molar-refractivity contribution in [1.29, 1.82) is 5.26 Å². The predicted molar refractivity (Wildman–Crippen MR) is 333 cm³/mol. The number of hydrogen-bond acceptors (Lipinski definition) is 14. The average molecular weight is 1150 g/mol. The van der Waals surface area contributed by atoms with Gasteiger partial charge in [-0.15, -0.1) is 11.6 Å². The third-order valence-corrected chi connectivity index (χ3v) is 12.3. The molecule has 6 aromatic heterocycles. The van der Waals surface area contributed by atoms with Crippen LogP contribution in [0.25, 0.3) is 0 Å². The van der Waals surface area contributed by atoms with Crippen molar-refractivity contribution in [3.05, 3.63) is 245 Å². The molecule has 0 unspecified atom stereocenters. The van der Waals surface area contributed by atoms with E-state index in [4.69, 9.17) is 37.1 Å². The molecule has 2 aromatic carbocycles. The number of alkyl halides is 1. The van der Waals surface area contributed by atoms with Crippen molar-refractivity contribution < 1.29 is 19.1 Å². The van der Waals surface area contributed by atoms with Crippen LogP contribution in [0.15, 0.2) is 183 Å². The van der Waals surface area contributed by atoms with Gasteiger partial charge < -0.3 is 25.8 Å². The van der Waals surface area contributed by atoms with Crippen LogP contribution in [0, 0.1) is 11.3 Å². The molecule has 0 spiro atoms. The summed E-state index contributed by atoms with van der Waals surface area (Å²) in [5, 5.41) is 12.8. The zero-order valence-electron chi connectivity index (χ0n) is 49.6. The summed E-state index contributed by atoms with van der Waals surface area (Å²) in [5.41, 5.74) is 17.4. The predicted octanol–water partition coefficient (Wildman–Crippen LogP) is 12.6. The van der Waals surface area contributed by atoms with E-state index >= 15 is 0 Å². The lowest BCUT2D eigenvalue weighted by atomic mass is 10.0. The van der Waals surface area contributed by atoms with Crippen molar-refractivity contribution in [2.75, 3.05) is 18.8 Å². The Labute approximate surface area is 501 Å². The molecule has 0 atom stereocenters. The molecule has 0 aliphatic heterocycles. The topological polar surface area (TPSA) is 210 Å². The monoisotopic (exact) mass is 1150 g/mol. The molecule has 440 valence electrons. The molecule has 6 heterocycles. The Morgan fingerprint density at radius 3 is 1.06 bits per heavy atom. The number of nitrogens with zero attached hydrogens (tertiary/aromatic N) is 9. The lowest BCUT2D eigenvalue weighted by Crippen LogP contribution is -2.33. The molecule has 0 bridgehead atoms. The van der Waals surface area contributed by atoms with Gasteiger partial charge in [-0.05, 0) is 168 Å². The van der Waals surface area contributed by atoms with Gasteiger partial charge in [0.15, 0.2) is 0 Å². The molecule has 0 radical (unpaired) electrons. The minimum Gasteiger partial charge on any atom is -0.444 e.